The van der Waals surface area contributed by atoms with Crippen molar-refractivity contribution in [1.29, 1.82) is 0 Å². The van der Waals surface area contributed by atoms with E-state index in [0.29, 0.717) is 26.2 Å². The fourth-order valence-corrected chi connectivity index (χ4v) is 2.50. The summed E-state index contributed by atoms with van der Waals surface area (Å²) in [6.07, 6.45) is 3.66. The number of ether oxygens (including phenoxy) is 2. The van der Waals surface area contributed by atoms with Crippen LogP contribution < -0.4 is 11.5 Å². The topological polar surface area (TPSA) is 87.6 Å². The molecule has 0 aromatic carbocycles. The molecule has 0 bridgehead atoms. The summed E-state index contributed by atoms with van der Waals surface area (Å²) in [5.74, 6) is -0.228. The molecule has 1 aliphatic carbocycles. The Morgan fingerprint density at radius 1 is 1.39 bits per heavy atom. The molecule has 0 aromatic heterocycles. The van der Waals surface area contributed by atoms with Crippen molar-refractivity contribution < 1.29 is 14.3 Å². The predicted octanol–water partition coefficient (Wildman–Crippen LogP) is 0.801. The minimum absolute atomic E-state index is 0.154. The van der Waals surface area contributed by atoms with E-state index >= 15 is 0 Å². The molecule has 1 fully saturated rings. The van der Waals surface area contributed by atoms with Crippen LogP contribution in [0.5, 0.6) is 0 Å². The Bertz CT molecular complexity index is 271. The zero-order chi connectivity index (χ0) is 13.6. The van der Waals surface area contributed by atoms with Gasteiger partial charge >= 0.3 is 0 Å². The molecular formula is C13H26N2O3. The normalized spacial score (nSPS) is 27.9. The minimum atomic E-state index is -0.822. The van der Waals surface area contributed by atoms with Gasteiger partial charge in [-0.2, -0.15) is 0 Å². The summed E-state index contributed by atoms with van der Waals surface area (Å²) in [5.41, 5.74) is 10.6. The van der Waals surface area contributed by atoms with Gasteiger partial charge in [0, 0.05) is 6.61 Å². The summed E-state index contributed by atoms with van der Waals surface area (Å²) in [7, 11) is 0. The molecule has 18 heavy (non-hydrogen) atoms. The van der Waals surface area contributed by atoms with Gasteiger partial charge in [0.25, 0.3) is 0 Å². The molecule has 2 unspecified atom stereocenters. The van der Waals surface area contributed by atoms with E-state index in [4.69, 9.17) is 20.9 Å². The summed E-state index contributed by atoms with van der Waals surface area (Å²) in [6, 6.07) is 0. The van der Waals surface area contributed by atoms with Gasteiger partial charge in [-0.15, -0.1) is 0 Å². The third kappa shape index (κ3) is 4.23. The number of rotatable bonds is 8. The molecule has 2 atom stereocenters. The van der Waals surface area contributed by atoms with Crippen molar-refractivity contribution in [3.8, 4) is 0 Å². The van der Waals surface area contributed by atoms with E-state index in [1.165, 1.54) is 0 Å². The lowest BCUT2D eigenvalue weighted by molar-refractivity contribution is -0.124. The molecular weight excluding hydrogens is 232 g/mol. The summed E-state index contributed by atoms with van der Waals surface area (Å²) in [6.45, 7) is 5.78. The van der Waals surface area contributed by atoms with Crippen LogP contribution in [0.2, 0.25) is 0 Å². The molecule has 5 nitrogen and oxygen atoms in total. The molecule has 1 saturated carbocycles. The zero-order valence-corrected chi connectivity index (χ0v) is 11.5. The van der Waals surface area contributed by atoms with Crippen LogP contribution in [-0.4, -0.2) is 37.4 Å². The standard InChI is InChI=1S/C13H26N2O3/c1-10(2)18-9-8-17-7-5-11-4-3-6-13(11,15)12(14)16/h10-11H,3-9,15H2,1-2H3,(H2,14,16). The second-order valence-electron chi connectivity index (χ2n) is 5.31. The fraction of sp³-hybridized carbons (Fsp3) is 0.923. The molecule has 1 aliphatic rings. The van der Waals surface area contributed by atoms with Crippen molar-refractivity contribution in [2.75, 3.05) is 19.8 Å². The lowest BCUT2D eigenvalue weighted by Crippen LogP contribution is -2.54. The summed E-state index contributed by atoms with van der Waals surface area (Å²) >= 11 is 0. The highest BCUT2D eigenvalue weighted by Crippen LogP contribution is 2.35. The van der Waals surface area contributed by atoms with Crippen LogP contribution in [0.3, 0.4) is 0 Å². The van der Waals surface area contributed by atoms with Crippen molar-refractivity contribution in [3.63, 3.8) is 0 Å². The van der Waals surface area contributed by atoms with Crippen molar-refractivity contribution in [2.45, 2.75) is 51.2 Å². The van der Waals surface area contributed by atoms with Crippen molar-refractivity contribution in [3.05, 3.63) is 0 Å². The molecule has 5 heteroatoms. The molecule has 1 rings (SSSR count). The van der Waals surface area contributed by atoms with Crippen LogP contribution >= 0.6 is 0 Å². The predicted molar refractivity (Wildman–Crippen MR) is 70.0 cm³/mol. The van der Waals surface area contributed by atoms with Crippen LogP contribution in [0.4, 0.5) is 0 Å². The van der Waals surface area contributed by atoms with E-state index < -0.39 is 5.54 Å². The van der Waals surface area contributed by atoms with Gasteiger partial charge in [-0.3, -0.25) is 4.79 Å². The van der Waals surface area contributed by atoms with E-state index in [-0.39, 0.29) is 17.9 Å². The molecule has 4 N–H and O–H groups in total. The summed E-state index contributed by atoms with van der Waals surface area (Å²) in [5, 5.41) is 0. The maximum absolute atomic E-state index is 11.4. The van der Waals surface area contributed by atoms with E-state index in [9.17, 15) is 4.79 Å². The van der Waals surface area contributed by atoms with Gasteiger partial charge in [-0.1, -0.05) is 6.42 Å². The van der Waals surface area contributed by atoms with Gasteiger partial charge in [-0.25, -0.2) is 0 Å². The fourth-order valence-electron chi connectivity index (χ4n) is 2.50. The number of hydrogen-bond acceptors (Lipinski definition) is 4. The first-order valence-corrected chi connectivity index (χ1v) is 6.75. The zero-order valence-electron chi connectivity index (χ0n) is 11.5. The number of carbonyl (C=O) groups is 1. The highest BCUT2D eigenvalue weighted by molar-refractivity contribution is 5.85. The van der Waals surface area contributed by atoms with Crippen LogP contribution in [-0.2, 0) is 14.3 Å². The van der Waals surface area contributed by atoms with E-state index in [1.54, 1.807) is 0 Å². The lowest BCUT2D eigenvalue weighted by Gasteiger charge is -2.27. The molecule has 0 spiro atoms. The highest BCUT2D eigenvalue weighted by atomic mass is 16.5. The first-order chi connectivity index (χ1) is 8.47. The maximum Gasteiger partial charge on any atom is 0.237 e. The summed E-state index contributed by atoms with van der Waals surface area (Å²) < 4.78 is 10.9. The second kappa shape index (κ2) is 7.07. The van der Waals surface area contributed by atoms with Gasteiger partial charge in [0.1, 0.15) is 0 Å². The van der Waals surface area contributed by atoms with Gasteiger partial charge in [0.05, 0.1) is 24.9 Å². The Labute approximate surface area is 109 Å². The monoisotopic (exact) mass is 258 g/mol. The van der Waals surface area contributed by atoms with Crippen LogP contribution in [0, 0.1) is 5.92 Å². The van der Waals surface area contributed by atoms with E-state index in [1.807, 2.05) is 13.8 Å². The molecule has 1 amide bonds. The van der Waals surface area contributed by atoms with Gasteiger partial charge in [0.2, 0.25) is 5.91 Å². The number of carbonyl (C=O) groups excluding carboxylic acids is 1. The number of amides is 1. The van der Waals surface area contributed by atoms with Gasteiger partial charge in [-0.05, 0) is 39.0 Å². The Balaban J connectivity index is 2.17. The molecule has 0 radical (unpaired) electrons. The van der Waals surface area contributed by atoms with Crippen molar-refractivity contribution >= 4 is 5.91 Å². The van der Waals surface area contributed by atoms with E-state index in [2.05, 4.69) is 0 Å². The first kappa shape index (κ1) is 15.4. The van der Waals surface area contributed by atoms with Crippen molar-refractivity contribution in [2.24, 2.45) is 17.4 Å². The Hall–Kier alpha value is -0.650. The second-order valence-corrected chi connectivity index (χ2v) is 5.31. The molecule has 0 aromatic rings. The average molecular weight is 258 g/mol. The molecule has 106 valence electrons. The van der Waals surface area contributed by atoms with Crippen molar-refractivity contribution in [1.82, 2.24) is 0 Å². The minimum Gasteiger partial charge on any atom is -0.379 e. The summed E-state index contributed by atoms with van der Waals surface area (Å²) in [4.78, 5) is 11.4. The third-order valence-electron chi connectivity index (χ3n) is 3.62. The average Bonchev–Trinajstić information content (AvgIpc) is 2.66. The molecule has 0 aliphatic heterocycles. The molecule has 0 heterocycles. The smallest absolute Gasteiger partial charge is 0.237 e. The third-order valence-corrected chi connectivity index (χ3v) is 3.62. The van der Waals surface area contributed by atoms with E-state index in [0.717, 1.165) is 19.3 Å². The van der Waals surface area contributed by atoms with Crippen LogP contribution in [0.1, 0.15) is 39.5 Å². The Morgan fingerprint density at radius 3 is 2.72 bits per heavy atom. The number of primary amides is 1. The van der Waals surface area contributed by atoms with Crippen LogP contribution in [0.25, 0.3) is 0 Å². The van der Waals surface area contributed by atoms with Gasteiger partial charge in [0.15, 0.2) is 0 Å². The lowest BCUT2D eigenvalue weighted by atomic mass is 9.85. The quantitative estimate of drug-likeness (QED) is 0.630. The van der Waals surface area contributed by atoms with Crippen LogP contribution in [0.15, 0.2) is 0 Å². The van der Waals surface area contributed by atoms with Gasteiger partial charge < -0.3 is 20.9 Å². The number of hydrogen-bond donors (Lipinski definition) is 2. The first-order valence-electron chi connectivity index (χ1n) is 6.75. The number of nitrogens with two attached hydrogens (primary N) is 2. The highest BCUT2D eigenvalue weighted by Gasteiger charge is 2.43. The SMILES string of the molecule is CC(C)OCCOCCC1CCCC1(N)C(N)=O. The Morgan fingerprint density at radius 2 is 2.11 bits per heavy atom. The largest absolute Gasteiger partial charge is 0.379 e. The molecule has 0 saturated heterocycles. The Kier molecular flexibility index (Phi) is 6.05. The maximum atomic E-state index is 11.4.